The summed E-state index contributed by atoms with van der Waals surface area (Å²) in [4.78, 5) is 6.40. The highest BCUT2D eigenvalue weighted by atomic mass is 16.7. The van der Waals surface area contributed by atoms with Crippen LogP contribution in [0.3, 0.4) is 0 Å². The summed E-state index contributed by atoms with van der Waals surface area (Å²) < 4.78 is 0. The van der Waals surface area contributed by atoms with Gasteiger partial charge >= 0.3 is 0 Å². The molecule has 1 atom stereocenters. The Bertz CT molecular complexity index is 97.0. The smallest absolute Gasteiger partial charge is 0.192 e. The van der Waals surface area contributed by atoms with Gasteiger partial charge in [-0.15, -0.1) is 0 Å². The summed E-state index contributed by atoms with van der Waals surface area (Å²) >= 11 is 0. The van der Waals surface area contributed by atoms with Crippen LogP contribution in [0.15, 0.2) is 0 Å². The van der Waals surface area contributed by atoms with Gasteiger partial charge < -0.3 is 0 Å². The minimum atomic E-state index is -0.797. The van der Waals surface area contributed by atoms with Crippen LogP contribution in [0, 0.1) is 0 Å². The van der Waals surface area contributed by atoms with E-state index in [4.69, 9.17) is 11.6 Å². The molecule has 4 heteroatoms. The fourth-order valence-electron chi connectivity index (χ4n) is 0.746. The van der Waals surface area contributed by atoms with Gasteiger partial charge in [-0.3, -0.25) is 15.5 Å². The highest BCUT2D eigenvalue weighted by Crippen LogP contribution is 2.10. The van der Waals surface area contributed by atoms with Crippen molar-refractivity contribution in [3.05, 3.63) is 0 Å². The van der Waals surface area contributed by atoms with E-state index in [9.17, 15) is 0 Å². The van der Waals surface area contributed by atoms with Gasteiger partial charge in [0.1, 0.15) is 0 Å². The Morgan fingerprint density at radius 2 is 2.00 bits per heavy atom. The van der Waals surface area contributed by atoms with E-state index in [2.05, 4.69) is 4.84 Å². The number of nitrogens with zero attached hydrogens (tertiary/aromatic N) is 1. The molecular weight excluding hydrogens is 130 g/mol. The number of hydrogen-bond donors (Lipinski definition) is 2. The van der Waals surface area contributed by atoms with Crippen LogP contribution in [0.4, 0.5) is 0 Å². The average molecular weight is 147 g/mol. The molecule has 0 fully saturated rings. The van der Waals surface area contributed by atoms with E-state index in [1.165, 1.54) is 0 Å². The van der Waals surface area contributed by atoms with Gasteiger partial charge in [-0.05, 0) is 14.1 Å². The molecule has 4 N–H and O–H groups in total. The first-order chi connectivity index (χ1) is 4.56. The summed E-state index contributed by atoms with van der Waals surface area (Å²) in [6, 6.07) is 0. The molecule has 0 rings (SSSR count). The van der Waals surface area contributed by atoms with Crippen molar-refractivity contribution in [3.63, 3.8) is 0 Å². The van der Waals surface area contributed by atoms with Gasteiger partial charge in [0.2, 0.25) is 0 Å². The first-order valence-corrected chi connectivity index (χ1v) is 3.41. The van der Waals surface area contributed by atoms with Gasteiger partial charge in [0.05, 0.1) is 0 Å². The van der Waals surface area contributed by atoms with Crippen molar-refractivity contribution >= 4 is 0 Å². The Labute approximate surface area is 62.1 Å². The quantitative estimate of drug-likeness (QED) is 0.429. The zero-order chi connectivity index (χ0) is 8.20. The molecular formula is C6H17N3O. The lowest BCUT2D eigenvalue weighted by Gasteiger charge is -2.32. The highest BCUT2D eigenvalue weighted by Gasteiger charge is 2.26. The molecule has 0 amide bonds. The normalized spacial score (nSPS) is 17.4. The van der Waals surface area contributed by atoms with Gasteiger partial charge in [-0.25, -0.2) is 5.90 Å². The topological polar surface area (TPSA) is 64.5 Å². The van der Waals surface area contributed by atoms with Crippen molar-refractivity contribution in [2.45, 2.75) is 25.6 Å². The summed E-state index contributed by atoms with van der Waals surface area (Å²) in [6.07, 6.45) is 1.68. The molecule has 62 valence electrons. The Morgan fingerprint density at radius 3 is 2.10 bits per heavy atom. The monoisotopic (exact) mass is 147 g/mol. The molecule has 0 saturated heterocycles. The third-order valence-electron chi connectivity index (χ3n) is 1.57. The number of nitrogens with two attached hydrogens (primary N) is 2. The largest absolute Gasteiger partial charge is 0.289 e. The summed E-state index contributed by atoms with van der Waals surface area (Å²) in [5.41, 5.74) is 5.73. The standard InChI is InChI=1S/C6H17N3O/c1-4-5-6(7,10-8)9(2)3/h4-5,7-8H2,1-3H3. The molecule has 0 aromatic rings. The second-order valence-corrected chi connectivity index (χ2v) is 2.61. The summed E-state index contributed by atoms with van der Waals surface area (Å²) in [5, 5.41) is 0. The molecule has 10 heavy (non-hydrogen) atoms. The van der Waals surface area contributed by atoms with Gasteiger partial charge in [0, 0.05) is 6.42 Å². The van der Waals surface area contributed by atoms with Crippen molar-refractivity contribution in [2.24, 2.45) is 11.6 Å². The number of hydrogen-bond acceptors (Lipinski definition) is 4. The summed E-state index contributed by atoms with van der Waals surface area (Å²) in [6.45, 7) is 2.03. The zero-order valence-electron chi connectivity index (χ0n) is 6.92. The van der Waals surface area contributed by atoms with E-state index in [1.807, 2.05) is 21.0 Å². The molecule has 0 radical (unpaired) electrons. The lowest BCUT2D eigenvalue weighted by Crippen LogP contribution is -2.56. The van der Waals surface area contributed by atoms with Crippen LogP contribution >= 0.6 is 0 Å². The Balaban J connectivity index is 3.94. The maximum absolute atomic E-state index is 5.73. The lowest BCUT2D eigenvalue weighted by molar-refractivity contribution is -0.142. The van der Waals surface area contributed by atoms with Gasteiger partial charge in [-0.2, -0.15) is 0 Å². The molecule has 0 saturated carbocycles. The Kier molecular flexibility index (Phi) is 3.81. The van der Waals surface area contributed by atoms with Gasteiger partial charge in [0.25, 0.3) is 0 Å². The number of rotatable bonds is 4. The van der Waals surface area contributed by atoms with E-state index >= 15 is 0 Å². The van der Waals surface area contributed by atoms with Gasteiger partial charge in [-0.1, -0.05) is 13.3 Å². The third kappa shape index (κ3) is 2.22. The van der Waals surface area contributed by atoms with E-state index in [1.54, 1.807) is 4.90 Å². The molecule has 0 aliphatic rings. The molecule has 0 aromatic heterocycles. The van der Waals surface area contributed by atoms with Gasteiger partial charge in [0.15, 0.2) is 5.85 Å². The van der Waals surface area contributed by atoms with Crippen LogP contribution in [0.5, 0.6) is 0 Å². The molecule has 4 nitrogen and oxygen atoms in total. The third-order valence-corrected chi connectivity index (χ3v) is 1.57. The molecule has 1 unspecified atom stereocenters. The minimum absolute atomic E-state index is 0.733. The fourth-order valence-corrected chi connectivity index (χ4v) is 0.746. The molecule has 0 aromatic carbocycles. The van der Waals surface area contributed by atoms with Crippen LogP contribution in [0.1, 0.15) is 19.8 Å². The summed E-state index contributed by atoms with van der Waals surface area (Å²) in [5.74, 6) is 4.23. The second-order valence-electron chi connectivity index (χ2n) is 2.61. The molecule has 0 bridgehead atoms. The minimum Gasteiger partial charge on any atom is -0.289 e. The van der Waals surface area contributed by atoms with E-state index in [-0.39, 0.29) is 0 Å². The zero-order valence-corrected chi connectivity index (χ0v) is 6.92. The van der Waals surface area contributed by atoms with Crippen LogP contribution < -0.4 is 11.6 Å². The SMILES string of the molecule is CCCC(N)(ON)N(C)C. The maximum atomic E-state index is 5.73. The second kappa shape index (κ2) is 3.88. The van der Waals surface area contributed by atoms with E-state index in [0.717, 1.165) is 12.8 Å². The van der Waals surface area contributed by atoms with Crippen molar-refractivity contribution in [2.75, 3.05) is 14.1 Å². The molecule has 0 heterocycles. The van der Waals surface area contributed by atoms with Crippen LogP contribution in [-0.4, -0.2) is 24.8 Å². The van der Waals surface area contributed by atoms with Crippen LogP contribution in [-0.2, 0) is 4.84 Å². The first kappa shape index (κ1) is 9.84. The van der Waals surface area contributed by atoms with Crippen LogP contribution in [0.2, 0.25) is 0 Å². The predicted octanol–water partition coefficient (Wildman–Crippen LogP) is -0.149. The van der Waals surface area contributed by atoms with Crippen LogP contribution in [0.25, 0.3) is 0 Å². The van der Waals surface area contributed by atoms with Crippen molar-refractivity contribution in [3.8, 4) is 0 Å². The Morgan fingerprint density at radius 1 is 1.50 bits per heavy atom. The van der Waals surface area contributed by atoms with Crippen molar-refractivity contribution in [1.29, 1.82) is 0 Å². The predicted molar refractivity (Wildman–Crippen MR) is 40.8 cm³/mol. The van der Waals surface area contributed by atoms with Crippen molar-refractivity contribution < 1.29 is 4.84 Å². The molecule has 0 aliphatic carbocycles. The maximum Gasteiger partial charge on any atom is 0.192 e. The fraction of sp³-hybridized carbons (Fsp3) is 1.00. The first-order valence-electron chi connectivity index (χ1n) is 3.41. The highest BCUT2D eigenvalue weighted by molar-refractivity contribution is 4.67. The van der Waals surface area contributed by atoms with Crippen molar-refractivity contribution in [1.82, 2.24) is 4.90 Å². The molecule has 0 aliphatic heterocycles. The lowest BCUT2D eigenvalue weighted by atomic mass is 10.2. The Hall–Kier alpha value is -0.160. The summed E-state index contributed by atoms with van der Waals surface area (Å²) in [7, 11) is 3.67. The molecule has 0 spiro atoms. The average Bonchev–Trinajstić information content (AvgIpc) is 1.88. The van der Waals surface area contributed by atoms with E-state index in [0.29, 0.717) is 0 Å². The van der Waals surface area contributed by atoms with E-state index < -0.39 is 5.85 Å².